The van der Waals surface area contributed by atoms with Gasteiger partial charge >= 0.3 is 0 Å². The number of likely N-dealkylation sites (tertiary alicyclic amines) is 1. The second-order valence-corrected chi connectivity index (χ2v) is 9.85. The van der Waals surface area contributed by atoms with E-state index in [4.69, 9.17) is 11.6 Å². The van der Waals surface area contributed by atoms with Gasteiger partial charge in [-0.1, -0.05) is 59.8 Å². The van der Waals surface area contributed by atoms with Gasteiger partial charge in [0.25, 0.3) is 0 Å². The van der Waals surface area contributed by atoms with Crippen LogP contribution in [0.1, 0.15) is 30.9 Å². The number of halogens is 1. The minimum Gasteiger partial charge on any atom is -0.342 e. The number of hydrogen-bond donors (Lipinski definition) is 0. The first-order valence-corrected chi connectivity index (χ1v) is 11.9. The number of aryl methyl sites for hydroxylation is 1. The summed E-state index contributed by atoms with van der Waals surface area (Å²) in [6.45, 7) is 5.56. The van der Waals surface area contributed by atoms with Gasteiger partial charge in [0.05, 0.1) is 10.9 Å². The van der Waals surface area contributed by atoms with Gasteiger partial charge in [0.2, 0.25) is 5.91 Å². The lowest BCUT2D eigenvalue weighted by Gasteiger charge is -2.33. The lowest BCUT2D eigenvalue weighted by Crippen LogP contribution is -2.42. The van der Waals surface area contributed by atoms with Crippen molar-refractivity contribution in [3.63, 3.8) is 0 Å². The molecule has 1 unspecified atom stereocenters. The first kappa shape index (κ1) is 21.9. The van der Waals surface area contributed by atoms with Gasteiger partial charge < -0.3 is 4.90 Å². The first-order chi connectivity index (χ1) is 15.0. The van der Waals surface area contributed by atoms with Gasteiger partial charge in [0, 0.05) is 18.1 Å². The fourth-order valence-electron chi connectivity index (χ4n) is 3.98. The topological polar surface area (TPSA) is 51.0 Å². The van der Waals surface area contributed by atoms with Crippen LogP contribution in [0.5, 0.6) is 0 Å². The van der Waals surface area contributed by atoms with E-state index in [9.17, 15) is 4.79 Å². The molecule has 0 radical (unpaired) electrons. The zero-order valence-corrected chi connectivity index (χ0v) is 19.4. The summed E-state index contributed by atoms with van der Waals surface area (Å²) in [6, 6.07) is 16.5. The first-order valence-electron chi connectivity index (χ1n) is 10.7. The van der Waals surface area contributed by atoms with Crippen molar-refractivity contribution in [1.29, 1.82) is 0 Å². The van der Waals surface area contributed by atoms with Crippen LogP contribution in [-0.2, 0) is 11.2 Å². The maximum atomic E-state index is 13.1. The lowest BCUT2D eigenvalue weighted by molar-refractivity contribution is -0.131. The Hall–Kier alpha value is -2.31. The number of aromatic nitrogens is 3. The largest absolute Gasteiger partial charge is 0.342 e. The van der Waals surface area contributed by atoms with Crippen LogP contribution >= 0.6 is 23.4 Å². The molecule has 0 spiro atoms. The van der Waals surface area contributed by atoms with Crippen molar-refractivity contribution >= 4 is 29.3 Å². The summed E-state index contributed by atoms with van der Waals surface area (Å²) >= 11 is 7.72. The van der Waals surface area contributed by atoms with E-state index in [1.54, 1.807) is 6.33 Å². The van der Waals surface area contributed by atoms with Crippen LogP contribution in [0.15, 0.2) is 60.0 Å². The summed E-state index contributed by atoms with van der Waals surface area (Å²) in [5.74, 6) is 0.809. The van der Waals surface area contributed by atoms with Gasteiger partial charge in [-0.15, -0.1) is 10.2 Å². The maximum absolute atomic E-state index is 13.1. The molecular formula is C24H27ClN4OS. The van der Waals surface area contributed by atoms with Gasteiger partial charge in [-0.3, -0.25) is 9.36 Å². The molecule has 1 saturated heterocycles. The van der Waals surface area contributed by atoms with Crippen molar-refractivity contribution in [2.45, 2.75) is 43.5 Å². The smallest absolute Gasteiger partial charge is 0.235 e. The molecular weight excluding hydrogens is 428 g/mol. The molecule has 0 bridgehead atoms. The minimum absolute atomic E-state index is 0.166. The van der Waals surface area contributed by atoms with Crippen LogP contribution in [0, 0.1) is 12.8 Å². The molecule has 1 aromatic heterocycles. The highest BCUT2D eigenvalue weighted by Crippen LogP contribution is 2.29. The molecule has 5 nitrogen and oxygen atoms in total. The van der Waals surface area contributed by atoms with E-state index in [0.29, 0.717) is 16.1 Å². The van der Waals surface area contributed by atoms with Crippen LogP contribution in [0.3, 0.4) is 0 Å². The van der Waals surface area contributed by atoms with E-state index in [2.05, 4.69) is 40.5 Å². The number of nitrogens with zero attached hydrogens (tertiary/aromatic N) is 4. The Morgan fingerprint density at radius 2 is 1.94 bits per heavy atom. The molecule has 0 saturated carbocycles. The molecule has 1 aliphatic rings. The zero-order chi connectivity index (χ0) is 21.8. The average molecular weight is 455 g/mol. The number of amides is 1. The van der Waals surface area contributed by atoms with E-state index in [-0.39, 0.29) is 11.2 Å². The van der Waals surface area contributed by atoms with Crippen molar-refractivity contribution < 1.29 is 4.79 Å². The summed E-state index contributed by atoms with van der Waals surface area (Å²) in [7, 11) is 0. The molecule has 4 rings (SSSR count). The average Bonchev–Trinajstić information content (AvgIpc) is 3.24. The quantitative estimate of drug-likeness (QED) is 0.481. The van der Waals surface area contributed by atoms with Crippen LogP contribution in [0.25, 0.3) is 5.69 Å². The molecule has 1 fully saturated rings. The Labute approximate surface area is 192 Å². The second kappa shape index (κ2) is 9.88. The molecule has 162 valence electrons. The molecule has 1 aliphatic heterocycles. The Morgan fingerprint density at radius 3 is 2.65 bits per heavy atom. The number of rotatable bonds is 6. The number of hydrogen-bond acceptors (Lipinski definition) is 4. The SMILES string of the molecule is Cc1ccc(-n2cnnc2SC(C)C(=O)N2CCC(Cc3ccccc3)CC2)cc1Cl. The van der Waals surface area contributed by atoms with Crippen molar-refractivity contribution in [1.82, 2.24) is 19.7 Å². The molecule has 1 amide bonds. The standard InChI is InChI=1S/C24H27ClN4OS/c1-17-8-9-21(15-22(17)25)29-16-26-27-24(29)31-18(2)23(30)28-12-10-20(11-13-28)14-19-6-4-3-5-7-19/h3-9,15-16,18,20H,10-14H2,1-2H3. The number of carbonyl (C=O) groups is 1. The molecule has 31 heavy (non-hydrogen) atoms. The Kier molecular flexibility index (Phi) is 6.98. The highest BCUT2D eigenvalue weighted by Gasteiger charge is 2.27. The van der Waals surface area contributed by atoms with Crippen LogP contribution in [0.4, 0.5) is 0 Å². The minimum atomic E-state index is -0.227. The van der Waals surface area contributed by atoms with Crippen molar-refractivity contribution in [3.8, 4) is 5.69 Å². The molecule has 2 heterocycles. The number of carbonyl (C=O) groups excluding carboxylic acids is 1. The van der Waals surface area contributed by atoms with E-state index in [1.807, 2.05) is 41.5 Å². The van der Waals surface area contributed by atoms with Crippen molar-refractivity contribution in [3.05, 3.63) is 71.0 Å². The number of thioether (sulfide) groups is 1. The van der Waals surface area contributed by atoms with Crippen molar-refractivity contribution in [2.75, 3.05) is 13.1 Å². The van der Waals surface area contributed by atoms with E-state index in [1.165, 1.54) is 17.3 Å². The summed E-state index contributed by atoms with van der Waals surface area (Å²) in [5.41, 5.74) is 3.29. The van der Waals surface area contributed by atoms with Crippen molar-refractivity contribution in [2.24, 2.45) is 5.92 Å². The predicted octanol–water partition coefficient (Wildman–Crippen LogP) is 5.19. The third-order valence-electron chi connectivity index (χ3n) is 5.87. The van der Waals surface area contributed by atoms with Gasteiger partial charge in [0.15, 0.2) is 5.16 Å². The summed E-state index contributed by atoms with van der Waals surface area (Å²) < 4.78 is 1.88. The lowest BCUT2D eigenvalue weighted by atomic mass is 9.90. The van der Waals surface area contributed by atoms with Crippen LogP contribution < -0.4 is 0 Å². The van der Waals surface area contributed by atoms with Gasteiger partial charge in [-0.25, -0.2) is 0 Å². The molecule has 0 N–H and O–H groups in total. The molecule has 3 aromatic rings. The molecule has 7 heteroatoms. The highest BCUT2D eigenvalue weighted by molar-refractivity contribution is 8.00. The number of benzene rings is 2. The third-order valence-corrected chi connectivity index (χ3v) is 7.32. The fourth-order valence-corrected chi connectivity index (χ4v) is 5.09. The van der Waals surface area contributed by atoms with E-state index in [0.717, 1.165) is 43.6 Å². The Bertz CT molecular complexity index is 1030. The van der Waals surface area contributed by atoms with Gasteiger partial charge in [-0.2, -0.15) is 0 Å². The van der Waals surface area contributed by atoms with Crippen LogP contribution in [-0.4, -0.2) is 43.9 Å². The summed E-state index contributed by atoms with van der Waals surface area (Å²) in [4.78, 5) is 15.1. The zero-order valence-electron chi connectivity index (χ0n) is 17.9. The van der Waals surface area contributed by atoms with Gasteiger partial charge in [-0.05, 0) is 62.3 Å². The van der Waals surface area contributed by atoms with Gasteiger partial charge in [0.1, 0.15) is 6.33 Å². The second-order valence-electron chi connectivity index (χ2n) is 8.14. The summed E-state index contributed by atoms with van der Waals surface area (Å²) in [6.07, 6.45) is 4.86. The molecule has 0 aliphatic carbocycles. The number of piperidine rings is 1. The van der Waals surface area contributed by atoms with E-state index >= 15 is 0 Å². The summed E-state index contributed by atoms with van der Waals surface area (Å²) in [5, 5.41) is 9.45. The Morgan fingerprint density at radius 1 is 1.19 bits per heavy atom. The third kappa shape index (κ3) is 5.31. The van der Waals surface area contributed by atoms with E-state index < -0.39 is 0 Å². The van der Waals surface area contributed by atoms with Crippen LogP contribution in [0.2, 0.25) is 5.02 Å². The fraction of sp³-hybridized carbons (Fsp3) is 0.375. The molecule has 1 atom stereocenters. The predicted molar refractivity (Wildman–Crippen MR) is 126 cm³/mol. The normalized spacial score (nSPS) is 15.8. The monoisotopic (exact) mass is 454 g/mol. The highest BCUT2D eigenvalue weighted by atomic mass is 35.5. The molecule has 2 aromatic carbocycles. The maximum Gasteiger partial charge on any atom is 0.235 e. The Balaban J connectivity index is 1.35.